The maximum absolute atomic E-state index is 11.1. The van der Waals surface area contributed by atoms with Crippen molar-refractivity contribution in [2.24, 2.45) is 0 Å². The fourth-order valence-corrected chi connectivity index (χ4v) is 0.953. The van der Waals surface area contributed by atoms with Gasteiger partial charge < -0.3 is 5.32 Å². The summed E-state index contributed by atoms with van der Waals surface area (Å²) in [5.74, 6) is -0.396. The van der Waals surface area contributed by atoms with Gasteiger partial charge in [0.2, 0.25) is 5.91 Å². The molecule has 0 spiro atoms. The Balaban J connectivity index is 0.00000169. The minimum absolute atomic E-state index is 0. The fourth-order valence-electron chi connectivity index (χ4n) is 0.953. The molecule has 0 saturated carbocycles. The molecule has 1 amide bonds. The fraction of sp³-hybridized carbons (Fsp3) is 0.200. The van der Waals surface area contributed by atoms with E-state index >= 15 is 0 Å². The molecular formula is C10H11NO2Ti. The zero-order chi connectivity index (χ0) is 9.68. The topological polar surface area (TPSA) is 46.2 Å². The van der Waals surface area contributed by atoms with Crippen molar-refractivity contribution >= 4 is 17.4 Å². The standard InChI is InChI=1S/C10H11NO2.Ti/c1-8(12)7-10(13)11-9-5-3-2-4-6-9;/h2-6H,7H2,1H3,(H,11,13);. The van der Waals surface area contributed by atoms with Crippen LogP contribution in [0.1, 0.15) is 13.3 Å². The van der Waals surface area contributed by atoms with Gasteiger partial charge in [0.1, 0.15) is 5.78 Å². The van der Waals surface area contributed by atoms with Crippen LogP contribution in [0.15, 0.2) is 30.3 Å². The van der Waals surface area contributed by atoms with Gasteiger partial charge in [-0.2, -0.15) is 0 Å². The SMILES string of the molecule is CC(=O)CC(=O)Nc1ccccc1.[Ti]. The molecule has 0 aliphatic heterocycles. The summed E-state index contributed by atoms with van der Waals surface area (Å²) in [4.78, 5) is 21.7. The smallest absolute Gasteiger partial charge is 0.231 e. The van der Waals surface area contributed by atoms with Crippen molar-refractivity contribution in [3.8, 4) is 0 Å². The van der Waals surface area contributed by atoms with Crippen LogP contribution in [0.25, 0.3) is 0 Å². The van der Waals surface area contributed by atoms with Gasteiger partial charge in [0.05, 0.1) is 6.42 Å². The molecular weight excluding hydrogens is 214 g/mol. The van der Waals surface area contributed by atoms with Crippen molar-refractivity contribution in [1.29, 1.82) is 0 Å². The molecule has 14 heavy (non-hydrogen) atoms. The van der Waals surface area contributed by atoms with Gasteiger partial charge in [0.25, 0.3) is 0 Å². The number of para-hydroxylation sites is 1. The predicted octanol–water partition coefficient (Wildman–Crippen LogP) is 1.60. The first kappa shape index (κ1) is 13.1. The molecule has 0 saturated heterocycles. The van der Waals surface area contributed by atoms with Crippen molar-refractivity contribution < 1.29 is 31.3 Å². The summed E-state index contributed by atoms with van der Waals surface area (Å²) >= 11 is 0. The maximum Gasteiger partial charge on any atom is 0.231 e. The summed E-state index contributed by atoms with van der Waals surface area (Å²) in [6.45, 7) is 1.39. The van der Waals surface area contributed by atoms with Gasteiger partial charge in [0, 0.05) is 27.4 Å². The zero-order valence-electron chi connectivity index (χ0n) is 7.91. The number of carbonyl (C=O) groups excluding carboxylic acids is 2. The molecule has 0 unspecified atom stereocenters. The first-order valence-electron chi connectivity index (χ1n) is 4.03. The average molecular weight is 225 g/mol. The van der Waals surface area contributed by atoms with Crippen molar-refractivity contribution in [2.45, 2.75) is 13.3 Å². The van der Waals surface area contributed by atoms with E-state index in [-0.39, 0.29) is 39.8 Å². The Morgan fingerprint density at radius 1 is 1.21 bits per heavy atom. The summed E-state index contributed by atoms with van der Waals surface area (Å²) in [5.41, 5.74) is 0.716. The average Bonchev–Trinajstić information content (AvgIpc) is 2.04. The van der Waals surface area contributed by atoms with E-state index in [4.69, 9.17) is 0 Å². The van der Waals surface area contributed by atoms with Crippen molar-refractivity contribution in [1.82, 2.24) is 0 Å². The molecule has 0 radical (unpaired) electrons. The molecule has 0 bridgehead atoms. The summed E-state index contributed by atoms with van der Waals surface area (Å²) in [6.07, 6.45) is -0.0606. The van der Waals surface area contributed by atoms with E-state index < -0.39 is 0 Å². The molecule has 0 aromatic heterocycles. The van der Waals surface area contributed by atoms with Gasteiger partial charge in [0.15, 0.2) is 0 Å². The molecule has 0 aliphatic rings. The van der Waals surface area contributed by atoms with Crippen LogP contribution in [0.4, 0.5) is 5.69 Å². The summed E-state index contributed by atoms with van der Waals surface area (Å²) < 4.78 is 0. The van der Waals surface area contributed by atoms with Crippen molar-refractivity contribution in [3.63, 3.8) is 0 Å². The van der Waals surface area contributed by atoms with Gasteiger partial charge in [-0.25, -0.2) is 0 Å². The van der Waals surface area contributed by atoms with E-state index in [1.807, 2.05) is 18.2 Å². The van der Waals surface area contributed by atoms with E-state index in [2.05, 4.69) is 5.32 Å². The third-order valence-corrected chi connectivity index (χ3v) is 1.47. The number of ketones is 1. The normalized spacial score (nSPS) is 8.64. The predicted molar refractivity (Wildman–Crippen MR) is 50.4 cm³/mol. The minimum atomic E-state index is -0.265. The molecule has 1 N–H and O–H groups in total. The zero-order valence-corrected chi connectivity index (χ0v) is 9.47. The van der Waals surface area contributed by atoms with Crippen LogP contribution in [0.5, 0.6) is 0 Å². The number of hydrogen-bond donors (Lipinski definition) is 1. The van der Waals surface area contributed by atoms with E-state index in [1.54, 1.807) is 12.1 Å². The third-order valence-electron chi connectivity index (χ3n) is 1.47. The molecule has 0 aliphatic carbocycles. The second-order valence-electron chi connectivity index (χ2n) is 2.79. The molecule has 4 heteroatoms. The largest absolute Gasteiger partial charge is 0.326 e. The van der Waals surface area contributed by atoms with Gasteiger partial charge in [-0.05, 0) is 19.1 Å². The van der Waals surface area contributed by atoms with Gasteiger partial charge >= 0.3 is 0 Å². The first-order valence-corrected chi connectivity index (χ1v) is 4.03. The molecule has 1 aromatic carbocycles. The Labute approximate surface area is 97.8 Å². The van der Waals surface area contributed by atoms with E-state index in [0.29, 0.717) is 5.69 Å². The number of anilines is 1. The van der Waals surface area contributed by atoms with E-state index in [1.165, 1.54) is 6.92 Å². The molecule has 1 aromatic rings. The number of carbonyl (C=O) groups is 2. The number of rotatable bonds is 3. The molecule has 3 nitrogen and oxygen atoms in total. The molecule has 0 atom stereocenters. The Bertz CT molecular complexity index is 311. The molecule has 72 valence electrons. The van der Waals surface area contributed by atoms with Gasteiger partial charge in [-0.1, -0.05) is 18.2 Å². The Morgan fingerprint density at radius 2 is 1.79 bits per heavy atom. The van der Waals surface area contributed by atoms with Gasteiger partial charge in [-0.15, -0.1) is 0 Å². The van der Waals surface area contributed by atoms with Crippen LogP contribution in [-0.2, 0) is 31.3 Å². The first-order chi connectivity index (χ1) is 6.18. The summed E-state index contributed by atoms with van der Waals surface area (Å²) in [6, 6.07) is 9.06. The monoisotopic (exact) mass is 225 g/mol. The van der Waals surface area contributed by atoms with Crippen LogP contribution in [0.2, 0.25) is 0 Å². The Morgan fingerprint density at radius 3 is 2.29 bits per heavy atom. The summed E-state index contributed by atoms with van der Waals surface area (Å²) in [5, 5.41) is 2.61. The molecule has 0 fully saturated rings. The second-order valence-corrected chi connectivity index (χ2v) is 2.79. The number of benzene rings is 1. The van der Waals surface area contributed by atoms with E-state index in [0.717, 1.165) is 0 Å². The number of amides is 1. The van der Waals surface area contributed by atoms with Crippen LogP contribution < -0.4 is 5.32 Å². The van der Waals surface area contributed by atoms with Crippen molar-refractivity contribution in [3.05, 3.63) is 30.3 Å². The van der Waals surface area contributed by atoms with Crippen molar-refractivity contribution in [2.75, 3.05) is 5.32 Å². The van der Waals surface area contributed by atoms with Crippen LogP contribution in [0.3, 0.4) is 0 Å². The summed E-state index contributed by atoms with van der Waals surface area (Å²) in [7, 11) is 0. The number of Topliss-reactive ketones (excluding diaryl/α,β-unsaturated/α-hetero) is 1. The van der Waals surface area contributed by atoms with Crippen LogP contribution in [0, 0.1) is 0 Å². The Kier molecular flexibility index (Phi) is 6.09. The second kappa shape index (κ2) is 6.52. The third kappa shape index (κ3) is 4.95. The molecule has 0 heterocycles. The van der Waals surface area contributed by atoms with Crippen LogP contribution >= 0.6 is 0 Å². The molecule has 1 rings (SSSR count). The Hall–Kier alpha value is -0.926. The number of nitrogens with one attached hydrogen (secondary N) is 1. The van der Waals surface area contributed by atoms with Gasteiger partial charge in [-0.3, -0.25) is 9.59 Å². The number of hydrogen-bond acceptors (Lipinski definition) is 2. The maximum atomic E-state index is 11.1. The minimum Gasteiger partial charge on any atom is -0.326 e. The van der Waals surface area contributed by atoms with Crippen LogP contribution in [-0.4, -0.2) is 11.7 Å². The quantitative estimate of drug-likeness (QED) is 0.627. The van der Waals surface area contributed by atoms with E-state index in [9.17, 15) is 9.59 Å².